The van der Waals surface area contributed by atoms with Crippen LogP contribution in [0.25, 0.3) is 0 Å². The number of aliphatic hydroxyl groups is 1. The summed E-state index contributed by atoms with van der Waals surface area (Å²) < 4.78 is 27.2. The largest absolute Gasteiger partial charge is 0.392 e. The molecule has 112 valence electrons. The highest BCUT2D eigenvalue weighted by atomic mass is 35.5. The third-order valence-electron chi connectivity index (χ3n) is 4.31. The highest BCUT2D eigenvalue weighted by molar-refractivity contribution is 7.89. The quantitative estimate of drug-likeness (QED) is 0.847. The van der Waals surface area contributed by atoms with E-state index in [1.807, 2.05) is 0 Å². The Morgan fingerprint density at radius 3 is 2.55 bits per heavy atom. The molecule has 1 aliphatic carbocycles. The van der Waals surface area contributed by atoms with E-state index >= 15 is 0 Å². The van der Waals surface area contributed by atoms with Crippen molar-refractivity contribution in [2.75, 3.05) is 6.54 Å². The van der Waals surface area contributed by atoms with Crippen LogP contribution in [-0.4, -0.2) is 20.1 Å². The van der Waals surface area contributed by atoms with Gasteiger partial charge in [-0.1, -0.05) is 31.0 Å². The standard InChI is InChI=1S/C14H20ClNO3S/c1-2-14(6-3-7-14)10-16-20(18,19)12-5-4-11(9-17)13(15)8-12/h4-5,8,16-17H,2-3,6-7,9-10H2,1H3. The number of sulfonamides is 1. The van der Waals surface area contributed by atoms with E-state index in [4.69, 9.17) is 16.7 Å². The first-order valence-electron chi connectivity index (χ1n) is 6.81. The minimum absolute atomic E-state index is 0.127. The topological polar surface area (TPSA) is 66.4 Å². The Hall–Kier alpha value is -0.620. The zero-order valence-corrected chi connectivity index (χ0v) is 13.1. The molecule has 0 aromatic heterocycles. The Balaban J connectivity index is 2.12. The Kier molecular flexibility index (Phi) is 4.74. The highest BCUT2D eigenvalue weighted by Crippen LogP contribution is 2.43. The first-order chi connectivity index (χ1) is 9.42. The van der Waals surface area contributed by atoms with E-state index in [2.05, 4.69) is 11.6 Å². The summed E-state index contributed by atoms with van der Waals surface area (Å²) in [4.78, 5) is 0.144. The van der Waals surface area contributed by atoms with Gasteiger partial charge in [0, 0.05) is 11.6 Å². The molecule has 2 rings (SSSR count). The molecule has 4 nitrogen and oxygen atoms in total. The highest BCUT2D eigenvalue weighted by Gasteiger charge is 2.36. The van der Waals surface area contributed by atoms with Crippen LogP contribution < -0.4 is 4.72 Å². The second kappa shape index (κ2) is 6.02. The summed E-state index contributed by atoms with van der Waals surface area (Å²) in [5, 5.41) is 9.31. The Morgan fingerprint density at radius 2 is 2.10 bits per heavy atom. The molecule has 20 heavy (non-hydrogen) atoms. The molecule has 0 amide bonds. The van der Waals surface area contributed by atoms with Crippen molar-refractivity contribution in [1.29, 1.82) is 0 Å². The fourth-order valence-electron chi connectivity index (χ4n) is 2.49. The molecule has 0 spiro atoms. The normalized spacial score (nSPS) is 17.8. The van der Waals surface area contributed by atoms with E-state index in [0.717, 1.165) is 19.3 Å². The van der Waals surface area contributed by atoms with Crippen LogP contribution in [0.3, 0.4) is 0 Å². The molecule has 0 atom stereocenters. The molecular formula is C14H20ClNO3S. The second-order valence-corrected chi connectivity index (χ2v) is 7.62. The molecule has 1 aromatic carbocycles. The van der Waals surface area contributed by atoms with Crippen molar-refractivity contribution >= 4 is 21.6 Å². The molecule has 1 aliphatic rings. The van der Waals surface area contributed by atoms with E-state index in [0.29, 0.717) is 12.1 Å². The van der Waals surface area contributed by atoms with Crippen LogP contribution in [0.4, 0.5) is 0 Å². The Bertz CT molecular complexity index is 577. The van der Waals surface area contributed by atoms with Crippen molar-refractivity contribution in [3.8, 4) is 0 Å². The van der Waals surface area contributed by atoms with Crippen molar-refractivity contribution in [2.45, 2.75) is 44.1 Å². The van der Waals surface area contributed by atoms with E-state index in [1.165, 1.54) is 24.6 Å². The van der Waals surface area contributed by atoms with Crippen molar-refractivity contribution in [2.24, 2.45) is 5.41 Å². The van der Waals surface area contributed by atoms with E-state index in [1.54, 1.807) is 0 Å². The minimum Gasteiger partial charge on any atom is -0.392 e. The van der Waals surface area contributed by atoms with Crippen molar-refractivity contribution in [3.05, 3.63) is 28.8 Å². The molecule has 1 saturated carbocycles. The first kappa shape index (κ1) is 15.8. The number of hydrogen-bond acceptors (Lipinski definition) is 3. The van der Waals surface area contributed by atoms with E-state index < -0.39 is 10.0 Å². The number of benzene rings is 1. The molecule has 0 heterocycles. The summed E-state index contributed by atoms with van der Waals surface area (Å²) in [6.45, 7) is 2.37. The van der Waals surface area contributed by atoms with Gasteiger partial charge in [0.2, 0.25) is 10.0 Å². The van der Waals surface area contributed by atoms with Crippen LogP contribution >= 0.6 is 11.6 Å². The smallest absolute Gasteiger partial charge is 0.240 e. The SMILES string of the molecule is CCC1(CNS(=O)(=O)c2ccc(CO)c(Cl)c2)CCC1. The van der Waals surface area contributed by atoms with Gasteiger partial charge in [0.1, 0.15) is 0 Å². The number of nitrogens with one attached hydrogen (secondary N) is 1. The third-order valence-corrected chi connectivity index (χ3v) is 6.06. The van der Waals surface area contributed by atoms with Crippen molar-refractivity contribution < 1.29 is 13.5 Å². The lowest BCUT2D eigenvalue weighted by Gasteiger charge is -2.41. The van der Waals surface area contributed by atoms with Crippen LogP contribution in [0.15, 0.2) is 23.1 Å². The van der Waals surface area contributed by atoms with Gasteiger partial charge in [-0.05, 0) is 42.4 Å². The fraction of sp³-hybridized carbons (Fsp3) is 0.571. The third kappa shape index (κ3) is 3.17. The van der Waals surface area contributed by atoms with Gasteiger partial charge in [-0.2, -0.15) is 0 Å². The number of aliphatic hydroxyl groups excluding tert-OH is 1. The molecule has 0 bridgehead atoms. The molecule has 2 N–H and O–H groups in total. The summed E-state index contributed by atoms with van der Waals surface area (Å²) >= 11 is 5.94. The summed E-state index contributed by atoms with van der Waals surface area (Å²) in [5.74, 6) is 0. The summed E-state index contributed by atoms with van der Waals surface area (Å²) in [7, 11) is -3.54. The van der Waals surface area contributed by atoms with Crippen LogP contribution in [0.1, 0.15) is 38.2 Å². The average molecular weight is 318 g/mol. The van der Waals surface area contributed by atoms with Gasteiger partial charge in [0.05, 0.1) is 11.5 Å². The monoisotopic (exact) mass is 317 g/mol. The van der Waals surface area contributed by atoms with Gasteiger partial charge < -0.3 is 5.11 Å². The zero-order chi connectivity index (χ0) is 14.8. The summed E-state index contributed by atoms with van der Waals surface area (Å²) in [6, 6.07) is 4.39. The molecule has 0 unspecified atom stereocenters. The summed E-state index contributed by atoms with van der Waals surface area (Å²) in [6.07, 6.45) is 4.32. The Labute approximate surface area is 125 Å². The van der Waals surface area contributed by atoms with Crippen molar-refractivity contribution in [3.63, 3.8) is 0 Å². The minimum atomic E-state index is -3.54. The number of rotatable bonds is 6. The van der Waals surface area contributed by atoms with Crippen LogP contribution in [0, 0.1) is 5.41 Å². The first-order valence-corrected chi connectivity index (χ1v) is 8.67. The van der Waals surface area contributed by atoms with E-state index in [9.17, 15) is 8.42 Å². The van der Waals surface area contributed by atoms with Crippen LogP contribution in [-0.2, 0) is 16.6 Å². The summed E-state index contributed by atoms with van der Waals surface area (Å²) in [5.41, 5.74) is 0.650. The number of hydrogen-bond donors (Lipinski definition) is 2. The lowest BCUT2D eigenvalue weighted by molar-refractivity contribution is 0.133. The van der Waals surface area contributed by atoms with Gasteiger partial charge in [0.25, 0.3) is 0 Å². The molecule has 0 saturated heterocycles. The van der Waals surface area contributed by atoms with Crippen molar-refractivity contribution in [1.82, 2.24) is 4.72 Å². The lowest BCUT2D eigenvalue weighted by atomic mass is 9.67. The maximum atomic E-state index is 12.3. The van der Waals surface area contributed by atoms with Gasteiger partial charge in [-0.25, -0.2) is 13.1 Å². The molecule has 0 radical (unpaired) electrons. The Morgan fingerprint density at radius 1 is 1.40 bits per heavy atom. The zero-order valence-electron chi connectivity index (χ0n) is 11.5. The van der Waals surface area contributed by atoms with Crippen LogP contribution in [0.2, 0.25) is 5.02 Å². The molecule has 0 aliphatic heterocycles. The molecular weight excluding hydrogens is 298 g/mol. The lowest BCUT2D eigenvalue weighted by Crippen LogP contribution is -2.41. The number of halogens is 1. The maximum Gasteiger partial charge on any atom is 0.240 e. The van der Waals surface area contributed by atoms with E-state index in [-0.39, 0.29) is 21.9 Å². The van der Waals surface area contributed by atoms with Gasteiger partial charge in [-0.15, -0.1) is 0 Å². The molecule has 1 aromatic rings. The van der Waals surface area contributed by atoms with Gasteiger partial charge in [-0.3, -0.25) is 0 Å². The van der Waals surface area contributed by atoms with Gasteiger partial charge in [0.15, 0.2) is 0 Å². The molecule has 6 heteroatoms. The fourth-order valence-corrected chi connectivity index (χ4v) is 3.98. The predicted molar refractivity (Wildman–Crippen MR) is 79.1 cm³/mol. The van der Waals surface area contributed by atoms with Gasteiger partial charge >= 0.3 is 0 Å². The molecule has 1 fully saturated rings. The second-order valence-electron chi connectivity index (χ2n) is 5.44. The maximum absolute atomic E-state index is 12.3. The average Bonchev–Trinajstić information content (AvgIpc) is 2.38. The van der Waals surface area contributed by atoms with Crippen LogP contribution in [0.5, 0.6) is 0 Å². The predicted octanol–water partition coefficient (Wildman–Crippen LogP) is 2.69.